The minimum Gasteiger partial charge on any atom is -0.439 e. The largest absolute Gasteiger partial charge is 0.439 e. The van der Waals surface area contributed by atoms with Crippen molar-refractivity contribution in [2.75, 3.05) is 19.3 Å². The molecule has 96 valence electrons. The van der Waals surface area contributed by atoms with E-state index in [-0.39, 0.29) is 0 Å². The Morgan fingerprint density at radius 2 is 2.28 bits per heavy atom. The summed E-state index contributed by atoms with van der Waals surface area (Å²) in [5, 5.41) is 0. The van der Waals surface area contributed by atoms with Gasteiger partial charge in [-0.1, -0.05) is 13.0 Å². The second-order valence-corrected chi connectivity index (χ2v) is 5.47. The molecule has 18 heavy (non-hydrogen) atoms. The first-order valence-corrected chi connectivity index (χ1v) is 6.46. The summed E-state index contributed by atoms with van der Waals surface area (Å²) in [7, 11) is 2.11. The van der Waals surface area contributed by atoms with Crippen LogP contribution in [0.1, 0.15) is 19.2 Å². The lowest BCUT2D eigenvalue weighted by Gasteiger charge is -2.13. The van der Waals surface area contributed by atoms with Gasteiger partial charge in [0.15, 0.2) is 5.58 Å². The van der Waals surface area contributed by atoms with Gasteiger partial charge in [0.05, 0.1) is 12.2 Å². The summed E-state index contributed by atoms with van der Waals surface area (Å²) >= 11 is 0. The van der Waals surface area contributed by atoms with Crippen molar-refractivity contribution < 1.29 is 4.42 Å². The molecule has 0 bridgehead atoms. The molecule has 1 aromatic carbocycles. The smallest absolute Gasteiger partial charge is 0.209 e. The number of nitrogens with zero attached hydrogens (tertiary/aromatic N) is 2. The number of nitrogen functional groups attached to an aromatic ring is 1. The number of para-hydroxylation sites is 1. The van der Waals surface area contributed by atoms with Gasteiger partial charge in [0.1, 0.15) is 5.52 Å². The number of nitrogens with two attached hydrogens (primary N) is 1. The van der Waals surface area contributed by atoms with Gasteiger partial charge in [-0.15, -0.1) is 0 Å². The highest BCUT2D eigenvalue weighted by Gasteiger charge is 2.33. The van der Waals surface area contributed by atoms with E-state index in [0.717, 1.165) is 41.9 Å². The number of benzene rings is 1. The van der Waals surface area contributed by atoms with Crippen LogP contribution < -0.4 is 5.73 Å². The van der Waals surface area contributed by atoms with Gasteiger partial charge in [-0.3, -0.25) is 4.90 Å². The van der Waals surface area contributed by atoms with E-state index in [1.807, 2.05) is 18.2 Å². The fourth-order valence-corrected chi connectivity index (χ4v) is 2.43. The summed E-state index contributed by atoms with van der Waals surface area (Å²) in [6.07, 6.45) is 1.35. The zero-order valence-corrected chi connectivity index (χ0v) is 10.9. The number of hydrogen-bond acceptors (Lipinski definition) is 4. The quantitative estimate of drug-likeness (QED) is 0.841. The van der Waals surface area contributed by atoms with Gasteiger partial charge in [0.2, 0.25) is 5.89 Å². The lowest BCUT2D eigenvalue weighted by Crippen LogP contribution is -2.21. The SMILES string of the molecule is CC1CC1CN(C)Cc1nc2c(N)cccc2o1. The van der Waals surface area contributed by atoms with E-state index in [4.69, 9.17) is 10.2 Å². The number of fused-ring (bicyclic) bond motifs is 1. The van der Waals surface area contributed by atoms with Crippen LogP contribution in [0.25, 0.3) is 11.1 Å². The molecule has 1 saturated carbocycles. The molecule has 2 unspecified atom stereocenters. The van der Waals surface area contributed by atoms with E-state index in [2.05, 4.69) is 23.9 Å². The number of rotatable bonds is 4. The minimum atomic E-state index is 0.681. The van der Waals surface area contributed by atoms with Crippen molar-refractivity contribution in [1.29, 1.82) is 0 Å². The highest BCUT2D eigenvalue weighted by atomic mass is 16.3. The molecule has 0 saturated heterocycles. The second kappa shape index (κ2) is 4.28. The monoisotopic (exact) mass is 245 g/mol. The third-order valence-corrected chi connectivity index (χ3v) is 3.72. The second-order valence-electron chi connectivity index (χ2n) is 5.47. The first-order valence-electron chi connectivity index (χ1n) is 6.46. The van der Waals surface area contributed by atoms with E-state index in [0.29, 0.717) is 5.69 Å². The Bertz CT molecular complexity index is 563. The molecule has 0 amide bonds. The zero-order chi connectivity index (χ0) is 12.7. The molecule has 0 radical (unpaired) electrons. The summed E-state index contributed by atoms with van der Waals surface area (Å²) < 4.78 is 5.72. The van der Waals surface area contributed by atoms with E-state index < -0.39 is 0 Å². The average molecular weight is 245 g/mol. The zero-order valence-electron chi connectivity index (χ0n) is 10.9. The van der Waals surface area contributed by atoms with Gasteiger partial charge in [0, 0.05) is 6.54 Å². The third-order valence-electron chi connectivity index (χ3n) is 3.72. The molecule has 1 heterocycles. The van der Waals surface area contributed by atoms with Crippen molar-refractivity contribution in [1.82, 2.24) is 9.88 Å². The van der Waals surface area contributed by atoms with Crippen molar-refractivity contribution in [2.24, 2.45) is 11.8 Å². The number of hydrogen-bond donors (Lipinski definition) is 1. The van der Waals surface area contributed by atoms with Crippen LogP contribution in [0.5, 0.6) is 0 Å². The molecule has 1 aliphatic carbocycles. The van der Waals surface area contributed by atoms with Crippen molar-refractivity contribution >= 4 is 16.8 Å². The maximum Gasteiger partial charge on any atom is 0.209 e. The topological polar surface area (TPSA) is 55.3 Å². The van der Waals surface area contributed by atoms with Crippen LogP contribution in [-0.4, -0.2) is 23.5 Å². The molecule has 1 aliphatic rings. The predicted octanol–water partition coefficient (Wildman–Crippen LogP) is 2.50. The summed E-state index contributed by atoms with van der Waals surface area (Å²) in [5.41, 5.74) is 8.11. The first-order chi connectivity index (χ1) is 8.63. The summed E-state index contributed by atoms with van der Waals surface area (Å²) in [5.74, 6) is 2.48. The van der Waals surface area contributed by atoms with Crippen molar-refractivity contribution in [3.63, 3.8) is 0 Å². The normalized spacial score (nSPS) is 22.8. The molecule has 4 nitrogen and oxygen atoms in total. The van der Waals surface area contributed by atoms with Crippen LogP contribution >= 0.6 is 0 Å². The number of aromatic nitrogens is 1. The Morgan fingerprint density at radius 1 is 1.50 bits per heavy atom. The molecule has 4 heteroatoms. The lowest BCUT2D eigenvalue weighted by atomic mass is 10.3. The Labute approximate surface area is 107 Å². The fraction of sp³-hybridized carbons (Fsp3) is 0.500. The van der Waals surface area contributed by atoms with E-state index >= 15 is 0 Å². The molecule has 2 atom stereocenters. The van der Waals surface area contributed by atoms with Gasteiger partial charge < -0.3 is 10.2 Å². The maximum absolute atomic E-state index is 5.87. The van der Waals surface area contributed by atoms with Crippen LogP contribution in [-0.2, 0) is 6.54 Å². The molecule has 0 aliphatic heterocycles. The van der Waals surface area contributed by atoms with E-state index in [1.54, 1.807) is 0 Å². The van der Waals surface area contributed by atoms with Crippen LogP contribution in [0.3, 0.4) is 0 Å². The Kier molecular flexibility index (Phi) is 2.74. The van der Waals surface area contributed by atoms with Crippen molar-refractivity contribution in [2.45, 2.75) is 19.9 Å². The van der Waals surface area contributed by atoms with Crippen LogP contribution in [0.4, 0.5) is 5.69 Å². The molecule has 0 spiro atoms. The maximum atomic E-state index is 5.87. The number of oxazole rings is 1. The Balaban J connectivity index is 1.72. The van der Waals surface area contributed by atoms with Gasteiger partial charge in [0.25, 0.3) is 0 Å². The molecular formula is C14H19N3O. The summed E-state index contributed by atoms with van der Waals surface area (Å²) in [6.45, 7) is 4.17. The third kappa shape index (κ3) is 2.20. The molecule has 2 aromatic rings. The van der Waals surface area contributed by atoms with E-state index in [9.17, 15) is 0 Å². The van der Waals surface area contributed by atoms with Gasteiger partial charge in [-0.2, -0.15) is 0 Å². The average Bonchev–Trinajstić information content (AvgIpc) is 2.85. The highest BCUT2D eigenvalue weighted by Crippen LogP contribution is 2.38. The first kappa shape index (κ1) is 11.5. The fourth-order valence-electron chi connectivity index (χ4n) is 2.43. The molecule has 1 aromatic heterocycles. The Morgan fingerprint density at radius 3 is 2.94 bits per heavy atom. The number of anilines is 1. The molecule has 3 rings (SSSR count). The molecule has 2 N–H and O–H groups in total. The lowest BCUT2D eigenvalue weighted by molar-refractivity contribution is 0.278. The van der Waals surface area contributed by atoms with Crippen LogP contribution in [0, 0.1) is 11.8 Å². The predicted molar refractivity (Wildman–Crippen MR) is 72.0 cm³/mol. The summed E-state index contributed by atoms with van der Waals surface area (Å²) in [4.78, 5) is 6.74. The molecule has 1 fully saturated rings. The van der Waals surface area contributed by atoms with Crippen molar-refractivity contribution in [3.05, 3.63) is 24.1 Å². The van der Waals surface area contributed by atoms with E-state index in [1.165, 1.54) is 6.42 Å². The van der Waals surface area contributed by atoms with Gasteiger partial charge >= 0.3 is 0 Å². The van der Waals surface area contributed by atoms with Gasteiger partial charge in [-0.25, -0.2) is 4.98 Å². The standard InChI is InChI=1S/C14H19N3O/c1-9-6-10(9)7-17(2)8-13-16-14-11(15)4-3-5-12(14)18-13/h3-5,9-10H,6-8,15H2,1-2H3. The minimum absolute atomic E-state index is 0.681. The van der Waals surface area contributed by atoms with Gasteiger partial charge in [-0.05, 0) is 37.4 Å². The Hall–Kier alpha value is -1.55. The van der Waals surface area contributed by atoms with Crippen LogP contribution in [0.15, 0.2) is 22.6 Å². The van der Waals surface area contributed by atoms with Crippen molar-refractivity contribution in [3.8, 4) is 0 Å². The highest BCUT2D eigenvalue weighted by molar-refractivity contribution is 5.85. The summed E-state index contributed by atoms with van der Waals surface area (Å²) in [6, 6.07) is 5.65. The van der Waals surface area contributed by atoms with Crippen LogP contribution in [0.2, 0.25) is 0 Å². The molecular weight excluding hydrogens is 226 g/mol.